The lowest BCUT2D eigenvalue weighted by molar-refractivity contribution is -0.0820. The summed E-state index contributed by atoms with van der Waals surface area (Å²) in [5.74, 6) is 0.877. The summed E-state index contributed by atoms with van der Waals surface area (Å²) >= 11 is 0. The number of amides is 2. The number of hydrogen-bond donors (Lipinski definition) is 2. The number of hydrogen-bond acceptors (Lipinski definition) is 3. The Morgan fingerprint density at radius 2 is 2.08 bits per heavy atom. The zero-order valence-electron chi connectivity index (χ0n) is 14.3. The van der Waals surface area contributed by atoms with Gasteiger partial charge in [0.25, 0.3) is 0 Å². The van der Waals surface area contributed by atoms with Crippen LogP contribution in [0.4, 0.5) is 4.79 Å². The summed E-state index contributed by atoms with van der Waals surface area (Å²) < 4.78 is 11.7. The molecule has 5 heteroatoms. The van der Waals surface area contributed by atoms with Crippen LogP contribution < -0.4 is 15.4 Å². The van der Waals surface area contributed by atoms with E-state index < -0.39 is 0 Å². The number of fused-ring (bicyclic) bond motifs is 1. The van der Waals surface area contributed by atoms with Crippen molar-refractivity contribution in [2.75, 3.05) is 13.2 Å². The maximum Gasteiger partial charge on any atom is 0.315 e. The lowest BCUT2D eigenvalue weighted by Crippen LogP contribution is -2.50. The second-order valence-corrected chi connectivity index (χ2v) is 7.45. The SMILES string of the molecule is Cc1ccc2c(c1)C(NC(=O)NC1CCOC3(CCCC3)C1)CO2. The Hall–Kier alpha value is -1.75. The second-order valence-electron chi connectivity index (χ2n) is 7.45. The Labute approximate surface area is 143 Å². The van der Waals surface area contributed by atoms with E-state index in [1.165, 1.54) is 18.4 Å². The predicted molar refractivity (Wildman–Crippen MR) is 91.3 cm³/mol. The highest BCUT2D eigenvalue weighted by molar-refractivity contribution is 5.75. The molecule has 2 amide bonds. The summed E-state index contributed by atoms with van der Waals surface area (Å²) in [5, 5.41) is 6.23. The van der Waals surface area contributed by atoms with Crippen molar-refractivity contribution in [2.24, 2.45) is 0 Å². The highest BCUT2D eigenvalue weighted by atomic mass is 16.5. The first kappa shape index (κ1) is 15.8. The minimum atomic E-state index is -0.0991. The van der Waals surface area contributed by atoms with Gasteiger partial charge in [-0.1, -0.05) is 30.5 Å². The average molecular weight is 330 g/mol. The lowest BCUT2D eigenvalue weighted by Gasteiger charge is -2.38. The molecule has 5 nitrogen and oxygen atoms in total. The van der Waals surface area contributed by atoms with Crippen LogP contribution in [-0.4, -0.2) is 30.9 Å². The number of carbonyl (C=O) groups is 1. The van der Waals surface area contributed by atoms with E-state index in [0.717, 1.165) is 43.6 Å². The molecule has 0 bridgehead atoms. The molecule has 1 spiro atoms. The van der Waals surface area contributed by atoms with Crippen molar-refractivity contribution in [1.29, 1.82) is 0 Å². The molecule has 1 saturated carbocycles. The van der Waals surface area contributed by atoms with E-state index in [4.69, 9.17) is 9.47 Å². The molecule has 0 aromatic heterocycles. The molecule has 3 aliphatic rings. The third kappa shape index (κ3) is 3.09. The van der Waals surface area contributed by atoms with Gasteiger partial charge in [-0.05, 0) is 38.7 Å². The van der Waals surface area contributed by atoms with Gasteiger partial charge in [0.2, 0.25) is 0 Å². The molecule has 1 saturated heterocycles. The van der Waals surface area contributed by atoms with Crippen LogP contribution in [0.25, 0.3) is 0 Å². The molecule has 4 rings (SSSR count). The average Bonchev–Trinajstić information content (AvgIpc) is 3.15. The van der Waals surface area contributed by atoms with Gasteiger partial charge >= 0.3 is 6.03 Å². The molecule has 2 heterocycles. The van der Waals surface area contributed by atoms with Gasteiger partial charge in [-0.15, -0.1) is 0 Å². The van der Waals surface area contributed by atoms with Crippen LogP contribution in [0.1, 0.15) is 55.7 Å². The largest absolute Gasteiger partial charge is 0.491 e. The first-order valence-electron chi connectivity index (χ1n) is 9.08. The van der Waals surface area contributed by atoms with Gasteiger partial charge < -0.3 is 20.1 Å². The maximum absolute atomic E-state index is 12.4. The monoisotopic (exact) mass is 330 g/mol. The molecule has 130 valence electrons. The van der Waals surface area contributed by atoms with E-state index in [0.29, 0.717) is 6.61 Å². The zero-order valence-corrected chi connectivity index (χ0v) is 14.3. The van der Waals surface area contributed by atoms with Crippen molar-refractivity contribution in [2.45, 2.75) is 63.1 Å². The van der Waals surface area contributed by atoms with Crippen molar-refractivity contribution >= 4 is 6.03 Å². The fraction of sp³-hybridized carbons (Fsp3) is 0.632. The predicted octanol–water partition coefficient (Wildman–Crippen LogP) is 3.22. The first-order chi connectivity index (χ1) is 11.6. The van der Waals surface area contributed by atoms with E-state index in [1.54, 1.807) is 0 Å². The number of nitrogens with one attached hydrogen (secondary N) is 2. The normalized spacial score (nSPS) is 27.5. The number of ether oxygens (including phenoxy) is 2. The molecule has 0 radical (unpaired) electrons. The summed E-state index contributed by atoms with van der Waals surface area (Å²) in [4.78, 5) is 12.4. The summed E-state index contributed by atoms with van der Waals surface area (Å²) in [6.45, 7) is 3.31. The van der Waals surface area contributed by atoms with Gasteiger partial charge in [-0.25, -0.2) is 4.79 Å². The molecule has 2 unspecified atom stereocenters. The van der Waals surface area contributed by atoms with Crippen molar-refractivity contribution in [3.8, 4) is 5.75 Å². The molecule has 2 atom stereocenters. The zero-order chi connectivity index (χ0) is 16.6. The molecule has 1 aromatic carbocycles. The minimum absolute atomic E-state index is 0.0242. The van der Waals surface area contributed by atoms with Gasteiger partial charge in [0, 0.05) is 18.2 Å². The number of rotatable bonds is 2. The van der Waals surface area contributed by atoms with Gasteiger partial charge in [0.1, 0.15) is 12.4 Å². The summed E-state index contributed by atoms with van der Waals surface area (Å²) in [5.41, 5.74) is 2.28. The van der Waals surface area contributed by atoms with Crippen LogP contribution in [0.5, 0.6) is 5.75 Å². The van der Waals surface area contributed by atoms with Gasteiger partial charge in [0.05, 0.1) is 11.6 Å². The molecule has 1 aromatic rings. The third-order valence-electron chi connectivity index (χ3n) is 5.59. The fourth-order valence-corrected chi connectivity index (χ4v) is 4.36. The Morgan fingerprint density at radius 3 is 2.92 bits per heavy atom. The quantitative estimate of drug-likeness (QED) is 0.875. The number of benzene rings is 1. The van der Waals surface area contributed by atoms with E-state index in [-0.39, 0.29) is 23.7 Å². The highest BCUT2D eigenvalue weighted by Crippen LogP contribution is 2.40. The number of aryl methyl sites for hydroxylation is 1. The van der Waals surface area contributed by atoms with Crippen LogP contribution in [-0.2, 0) is 4.74 Å². The van der Waals surface area contributed by atoms with Gasteiger partial charge in [0.15, 0.2) is 0 Å². The molecule has 1 aliphatic carbocycles. The molecule has 2 fully saturated rings. The van der Waals surface area contributed by atoms with E-state index in [1.807, 2.05) is 12.1 Å². The fourth-order valence-electron chi connectivity index (χ4n) is 4.36. The van der Waals surface area contributed by atoms with Gasteiger partial charge in [-0.3, -0.25) is 0 Å². The number of urea groups is 1. The number of carbonyl (C=O) groups excluding carboxylic acids is 1. The van der Waals surface area contributed by atoms with E-state index in [2.05, 4.69) is 23.6 Å². The molecule has 24 heavy (non-hydrogen) atoms. The Balaban J connectivity index is 1.35. The summed E-state index contributed by atoms with van der Waals surface area (Å²) in [6.07, 6.45) is 6.60. The Bertz CT molecular complexity index is 625. The first-order valence-corrected chi connectivity index (χ1v) is 9.08. The topological polar surface area (TPSA) is 59.6 Å². The van der Waals surface area contributed by atoms with Crippen molar-refractivity contribution in [3.05, 3.63) is 29.3 Å². The lowest BCUT2D eigenvalue weighted by atomic mass is 9.89. The summed E-state index contributed by atoms with van der Waals surface area (Å²) in [6, 6.07) is 6.14. The highest BCUT2D eigenvalue weighted by Gasteiger charge is 2.40. The minimum Gasteiger partial charge on any atom is -0.491 e. The standard InChI is InChI=1S/C19H26N2O3/c1-13-4-5-17-15(10-13)16(12-23-17)21-18(22)20-14-6-9-24-19(11-14)7-2-3-8-19/h4-5,10,14,16H,2-3,6-9,11-12H2,1H3,(H2,20,21,22). The third-order valence-corrected chi connectivity index (χ3v) is 5.59. The van der Waals surface area contributed by atoms with Crippen LogP contribution in [0, 0.1) is 6.92 Å². The second kappa shape index (κ2) is 6.28. The van der Waals surface area contributed by atoms with Crippen LogP contribution >= 0.6 is 0 Å². The molecular formula is C19H26N2O3. The van der Waals surface area contributed by atoms with Crippen molar-refractivity contribution in [3.63, 3.8) is 0 Å². The molecule has 2 aliphatic heterocycles. The molecule has 2 N–H and O–H groups in total. The van der Waals surface area contributed by atoms with Crippen molar-refractivity contribution in [1.82, 2.24) is 10.6 Å². The van der Waals surface area contributed by atoms with Crippen molar-refractivity contribution < 1.29 is 14.3 Å². The van der Waals surface area contributed by atoms with Gasteiger partial charge in [-0.2, -0.15) is 0 Å². The smallest absolute Gasteiger partial charge is 0.315 e. The van der Waals surface area contributed by atoms with Crippen LogP contribution in [0.3, 0.4) is 0 Å². The summed E-state index contributed by atoms with van der Waals surface area (Å²) in [7, 11) is 0. The van der Waals surface area contributed by atoms with E-state index in [9.17, 15) is 4.79 Å². The molecular weight excluding hydrogens is 304 g/mol. The Kier molecular flexibility index (Phi) is 4.12. The van der Waals surface area contributed by atoms with Crippen LogP contribution in [0.2, 0.25) is 0 Å². The maximum atomic E-state index is 12.4. The van der Waals surface area contributed by atoms with E-state index >= 15 is 0 Å². The Morgan fingerprint density at radius 1 is 1.25 bits per heavy atom. The van der Waals surface area contributed by atoms with Crippen LogP contribution in [0.15, 0.2) is 18.2 Å².